The van der Waals surface area contributed by atoms with Gasteiger partial charge in [0.25, 0.3) is 0 Å². The lowest BCUT2D eigenvalue weighted by Gasteiger charge is -2.15. The van der Waals surface area contributed by atoms with Crippen molar-refractivity contribution in [3.63, 3.8) is 0 Å². The second kappa shape index (κ2) is 8.96. The zero-order chi connectivity index (χ0) is 19.2. The van der Waals surface area contributed by atoms with Gasteiger partial charge in [0.1, 0.15) is 0 Å². The van der Waals surface area contributed by atoms with Crippen molar-refractivity contribution in [2.45, 2.75) is 33.1 Å². The highest BCUT2D eigenvalue weighted by atomic mass is 35.5. The van der Waals surface area contributed by atoms with Gasteiger partial charge in [0.15, 0.2) is 0 Å². The summed E-state index contributed by atoms with van der Waals surface area (Å²) in [6.07, 6.45) is 0.850. The summed E-state index contributed by atoms with van der Waals surface area (Å²) < 4.78 is 0. The molecular weight excluding hydrogens is 352 g/mol. The van der Waals surface area contributed by atoms with Crippen LogP contribution in [0.5, 0.6) is 0 Å². The molecule has 0 saturated carbocycles. The minimum Gasteiger partial charge on any atom is -0.385 e. The predicted octanol–water partition coefficient (Wildman–Crippen LogP) is 7.23. The minimum atomic E-state index is 0.541. The van der Waals surface area contributed by atoms with Gasteiger partial charge in [-0.2, -0.15) is 0 Å². The van der Waals surface area contributed by atoms with Crippen LogP contribution in [-0.2, 0) is 6.42 Å². The lowest BCUT2D eigenvalue weighted by atomic mass is 10.0. The Morgan fingerprint density at radius 1 is 0.852 bits per heavy atom. The number of hydrogen-bond donors (Lipinski definition) is 2. The van der Waals surface area contributed by atoms with Crippen LogP contribution in [0.15, 0.2) is 66.7 Å². The van der Waals surface area contributed by atoms with Crippen molar-refractivity contribution < 1.29 is 0 Å². The van der Waals surface area contributed by atoms with E-state index in [-0.39, 0.29) is 0 Å². The molecule has 2 N–H and O–H groups in total. The van der Waals surface area contributed by atoms with E-state index >= 15 is 0 Å². The maximum absolute atomic E-state index is 6.03. The van der Waals surface area contributed by atoms with Crippen LogP contribution in [0, 0.1) is 0 Å². The molecule has 0 heterocycles. The van der Waals surface area contributed by atoms with Crippen molar-refractivity contribution in [1.29, 1.82) is 0 Å². The van der Waals surface area contributed by atoms with Crippen molar-refractivity contribution in [3.05, 3.63) is 88.4 Å². The summed E-state index contributed by atoms with van der Waals surface area (Å²) in [6.45, 7) is 7.45. The molecular formula is C24H27ClN2. The Morgan fingerprint density at radius 2 is 1.52 bits per heavy atom. The number of nitrogens with one attached hydrogen (secondary N) is 2. The molecule has 2 nitrogen and oxygen atoms in total. The maximum atomic E-state index is 6.03. The number of hydrogen-bond acceptors (Lipinski definition) is 2. The minimum absolute atomic E-state index is 0.541. The van der Waals surface area contributed by atoms with E-state index in [0.717, 1.165) is 35.1 Å². The van der Waals surface area contributed by atoms with Gasteiger partial charge < -0.3 is 10.6 Å². The molecule has 3 aromatic rings. The van der Waals surface area contributed by atoms with Gasteiger partial charge in [0.2, 0.25) is 0 Å². The summed E-state index contributed by atoms with van der Waals surface area (Å²) >= 11 is 6.03. The Kier molecular flexibility index (Phi) is 6.41. The van der Waals surface area contributed by atoms with Gasteiger partial charge in [-0.05, 0) is 78.4 Å². The first kappa shape index (κ1) is 19.3. The lowest BCUT2D eigenvalue weighted by Crippen LogP contribution is -2.01. The summed E-state index contributed by atoms with van der Waals surface area (Å²) in [6, 6.07) is 23.3. The Labute approximate surface area is 167 Å². The van der Waals surface area contributed by atoms with E-state index in [0.29, 0.717) is 5.92 Å². The highest BCUT2D eigenvalue weighted by Gasteiger charge is 2.07. The molecule has 140 valence electrons. The van der Waals surface area contributed by atoms with Crippen molar-refractivity contribution in [2.24, 2.45) is 0 Å². The molecule has 27 heavy (non-hydrogen) atoms. The molecule has 0 aliphatic rings. The molecule has 0 atom stereocenters. The van der Waals surface area contributed by atoms with E-state index in [1.54, 1.807) is 0 Å². The van der Waals surface area contributed by atoms with E-state index in [9.17, 15) is 0 Å². The lowest BCUT2D eigenvalue weighted by molar-refractivity contribution is 0.867. The highest BCUT2D eigenvalue weighted by molar-refractivity contribution is 6.30. The van der Waals surface area contributed by atoms with Crippen LogP contribution in [0.3, 0.4) is 0 Å². The number of rotatable bonds is 7. The Morgan fingerprint density at radius 3 is 2.15 bits per heavy atom. The van der Waals surface area contributed by atoms with Crippen LogP contribution in [0.2, 0.25) is 5.02 Å². The molecule has 0 amide bonds. The first-order chi connectivity index (χ1) is 13.0. The first-order valence-electron chi connectivity index (χ1n) is 9.53. The second-order valence-electron chi connectivity index (χ2n) is 7.11. The fourth-order valence-electron chi connectivity index (χ4n) is 3.11. The second-order valence-corrected chi connectivity index (χ2v) is 7.54. The Bertz CT molecular complexity index is 868. The van der Waals surface area contributed by atoms with E-state index in [1.807, 2.05) is 12.1 Å². The van der Waals surface area contributed by atoms with Gasteiger partial charge in [-0.1, -0.05) is 49.7 Å². The van der Waals surface area contributed by atoms with Crippen molar-refractivity contribution in [3.8, 4) is 0 Å². The van der Waals surface area contributed by atoms with E-state index < -0.39 is 0 Å². The predicted molar refractivity (Wildman–Crippen MR) is 119 cm³/mol. The number of anilines is 3. The van der Waals surface area contributed by atoms with E-state index in [1.165, 1.54) is 16.7 Å². The molecule has 0 spiro atoms. The first-order valence-corrected chi connectivity index (χ1v) is 9.91. The molecule has 0 aromatic heterocycles. The van der Waals surface area contributed by atoms with Crippen LogP contribution in [0.4, 0.5) is 17.1 Å². The molecule has 3 rings (SSSR count). The average Bonchev–Trinajstić information content (AvgIpc) is 2.66. The molecule has 0 fully saturated rings. The smallest absolute Gasteiger partial charge is 0.0421 e. The zero-order valence-electron chi connectivity index (χ0n) is 16.2. The molecule has 3 heteroatoms. The SMILES string of the molecule is CCNc1ccc(Nc2ccc(C(C)C)cc2)c(Cc2ccc(Cl)cc2)c1. The van der Waals surface area contributed by atoms with Gasteiger partial charge >= 0.3 is 0 Å². The van der Waals surface area contributed by atoms with Crippen LogP contribution < -0.4 is 10.6 Å². The average molecular weight is 379 g/mol. The fraction of sp³-hybridized carbons (Fsp3) is 0.250. The number of benzene rings is 3. The summed E-state index contributed by atoms with van der Waals surface area (Å²) in [4.78, 5) is 0. The highest BCUT2D eigenvalue weighted by Crippen LogP contribution is 2.28. The number of halogens is 1. The third kappa shape index (κ3) is 5.27. The standard InChI is InChI=1S/C24H27ClN2/c1-4-26-23-13-14-24(27-22-11-7-19(8-12-22)17(2)3)20(16-23)15-18-5-9-21(25)10-6-18/h5-14,16-17,26-27H,4,15H2,1-3H3. The monoisotopic (exact) mass is 378 g/mol. The van der Waals surface area contributed by atoms with Crippen molar-refractivity contribution >= 4 is 28.7 Å². The third-order valence-corrected chi connectivity index (χ3v) is 4.90. The summed E-state index contributed by atoms with van der Waals surface area (Å²) in [7, 11) is 0. The topological polar surface area (TPSA) is 24.1 Å². The van der Waals surface area contributed by atoms with E-state index in [4.69, 9.17) is 11.6 Å². The Hall–Kier alpha value is -2.45. The molecule has 0 aliphatic heterocycles. The third-order valence-electron chi connectivity index (χ3n) is 4.65. The van der Waals surface area contributed by atoms with Crippen LogP contribution in [-0.4, -0.2) is 6.54 Å². The Balaban J connectivity index is 1.87. The van der Waals surface area contributed by atoms with Crippen molar-refractivity contribution in [1.82, 2.24) is 0 Å². The summed E-state index contributed by atoms with van der Waals surface area (Å²) in [5, 5.41) is 7.76. The molecule has 0 aliphatic carbocycles. The van der Waals surface area contributed by atoms with Gasteiger partial charge in [-0.3, -0.25) is 0 Å². The molecule has 0 unspecified atom stereocenters. The molecule has 3 aromatic carbocycles. The quantitative estimate of drug-likeness (QED) is 0.453. The zero-order valence-corrected chi connectivity index (χ0v) is 17.0. The van der Waals surface area contributed by atoms with Crippen LogP contribution in [0.1, 0.15) is 43.4 Å². The van der Waals surface area contributed by atoms with Crippen molar-refractivity contribution in [2.75, 3.05) is 17.2 Å². The van der Waals surface area contributed by atoms with E-state index in [2.05, 4.69) is 86.0 Å². The largest absolute Gasteiger partial charge is 0.385 e. The van der Waals surface area contributed by atoms with Crippen LogP contribution >= 0.6 is 11.6 Å². The molecule has 0 radical (unpaired) electrons. The van der Waals surface area contributed by atoms with Crippen LogP contribution in [0.25, 0.3) is 0 Å². The van der Waals surface area contributed by atoms with Gasteiger partial charge in [0, 0.05) is 28.6 Å². The van der Waals surface area contributed by atoms with Gasteiger partial charge in [-0.15, -0.1) is 0 Å². The normalized spacial score (nSPS) is 10.9. The summed E-state index contributed by atoms with van der Waals surface area (Å²) in [5.74, 6) is 0.541. The molecule has 0 bridgehead atoms. The maximum Gasteiger partial charge on any atom is 0.0421 e. The summed E-state index contributed by atoms with van der Waals surface area (Å²) in [5.41, 5.74) is 7.22. The van der Waals surface area contributed by atoms with Gasteiger partial charge in [0.05, 0.1) is 0 Å². The fourth-order valence-corrected chi connectivity index (χ4v) is 3.23. The molecule has 0 saturated heterocycles. The van der Waals surface area contributed by atoms with Gasteiger partial charge in [-0.25, -0.2) is 0 Å².